The number of rotatable bonds is 8. The van der Waals surface area contributed by atoms with Gasteiger partial charge in [-0.1, -0.05) is 6.07 Å². The standard InChI is InChI=1S/C23H25N5O5S/c1-5-33-20-11-15(6-7-19(20)32-3)18(13-34(4,30)31)28-22-17(27-23(28)29)10-16(12-25-22)21-24-9-8-14(2)26-21/h6-12,18H,5,13H2,1-4H3,(H,27,29). The van der Waals surface area contributed by atoms with Crippen molar-refractivity contribution in [3.8, 4) is 22.9 Å². The Hall–Kier alpha value is -3.73. The fourth-order valence-electron chi connectivity index (χ4n) is 3.79. The monoisotopic (exact) mass is 483 g/mol. The van der Waals surface area contributed by atoms with Gasteiger partial charge in [0.2, 0.25) is 0 Å². The highest BCUT2D eigenvalue weighted by atomic mass is 32.2. The van der Waals surface area contributed by atoms with Gasteiger partial charge in [-0.05, 0) is 43.7 Å². The molecule has 0 aliphatic heterocycles. The van der Waals surface area contributed by atoms with Crippen LogP contribution < -0.4 is 15.2 Å². The van der Waals surface area contributed by atoms with Crippen molar-refractivity contribution in [2.75, 3.05) is 25.7 Å². The van der Waals surface area contributed by atoms with E-state index in [0.29, 0.717) is 46.2 Å². The molecule has 10 nitrogen and oxygen atoms in total. The van der Waals surface area contributed by atoms with Crippen molar-refractivity contribution in [2.24, 2.45) is 0 Å². The molecule has 3 aromatic heterocycles. The predicted octanol–water partition coefficient (Wildman–Crippen LogP) is 2.53. The van der Waals surface area contributed by atoms with Crippen molar-refractivity contribution in [2.45, 2.75) is 19.9 Å². The Morgan fingerprint density at radius 1 is 1.15 bits per heavy atom. The minimum absolute atomic E-state index is 0.303. The maximum Gasteiger partial charge on any atom is 0.328 e. The molecule has 34 heavy (non-hydrogen) atoms. The molecule has 1 aromatic carbocycles. The smallest absolute Gasteiger partial charge is 0.328 e. The van der Waals surface area contributed by atoms with Gasteiger partial charge in [0, 0.05) is 29.9 Å². The van der Waals surface area contributed by atoms with Gasteiger partial charge in [0.05, 0.1) is 31.0 Å². The number of sulfone groups is 1. The highest BCUT2D eigenvalue weighted by Crippen LogP contribution is 2.33. The van der Waals surface area contributed by atoms with E-state index in [-0.39, 0.29) is 5.75 Å². The average molecular weight is 484 g/mol. The van der Waals surface area contributed by atoms with Crippen LogP contribution in [0, 0.1) is 6.92 Å². The Morgan fingerprint density at radius 2 is 1.94 bits per heavy atom. The third kappa shape index (κ3) is 4.79. The molecule has 4 rings (SSSR count). The van der Waals surface area contributed by atoms with E-state index >= 15 is 0 Å². The number of fused-ring (bicyclic) bond motifs is 1. The molecule has 0 radical (unpaired) electrons. The van der Waals surface area contributed by atoms with Crippen LogP contribution >= 0.6 is 0 Å². The molecule has 1 atom stereocenters. The summed E-state index contributed by atoms with van der Waals surface area (Å²) in [5.74, 6) is 1.14. The second kappa shape index (κ2) is 9.26. The van der Waals surface area contributed by atoms with Crippen molar-refractivity contribution in [3.63, 3.8) is 0 Å². The Labute approximate surface area is 196 Å². The normalized spacial score (nSPS) is 12.6. The molecule has 3 heterocycles. The highest BCUT2D eigenvalue weighted by Gasteiger charge is 2.26. The lowest BCUT2D eigenvalue weighted by atomic mass is 10.1. The maximum atomic E-state index is 13.1. The lowest BCUT2D eigenvalue weighted by Crippen LogP contribution is -2.28. The number of nitrogens with zero attached hydrogens (tertiary/aromatic N) is 4. The van der Waals surface area contributed by atoms with Gasteiger partial charge in [0.1, 0.15) is 9.84 Å². The highest BCUT2D eigenvalue weighted by molar-refractivity contribution is 7.90. The van der Waals surface area contributed by atoms with Crippen LogP contribution in [0.1, 0.15) is 24.2 Å². The number of nitrogens with one attached hydrogen (secondary N) is 1. The van der Waals surface area contributed by atoms with E-state index in [0.717, 1.165) is 11.9 Å². The number of aryl methyl sites for hydroxylation is 1. The van der Waals surface area contributed by atoms with Crippen LogP contribution in [0.15, 0.2) is 47.5 Å². The molecule has 1 N–H and O–H groups in total. The fourth-order valence-corrected chi connectivity index (χ4v) is 4.70. The van der Waals surface area contributed by atoms with E-state index in [1.54, 1.807) is 42.7 Å². The number of pyridine rings is 1. The first-order valence-electron chi connectivity index (χ1n) is 10.6. The Kier molecular flexibility index (Phi) is 6.38. The maximum absolute atomic E-state index is 13.1. The number of imidazole rings is 1. The van der Waals surface area contributed by atoms with Crippen LogP contribution in [0.3, 0.4) is 0 Å². The van der Waals surface area contributed by atoms with Gasteiger partial charge in [0.25, 0.3) is 0 Å². The lowest BCUT2D eigenvalue weighted by molar-refractivity contribution is 0.310. The molecular formula is C23H25N5O5S. The third-order valence-corrected chi connectivity index (χ3v) is 6.17. The number of hydrogen-bond acceptors (Lipinski definition) is 8. The Morgan fingerprint density at radius 3 is 2.62 bits per heavy atom. The quantitative estimate of drug-likeness (QED) is 0.405. The fraction of sp³-hybridized carbons (Fsp3) is 0.304. The number of hydrogen-bond donors (Lipinski definition) is 1. The minimum Gasteiger partial charge on any atom is -0.493 e. The van der Waals surface area contributed by atoms with E-state index < -0.39 is 21.6 Å². The van der Waals surface area contributed by atoms with Crippen LogP contribution in [0.5, 0.6) is 11.5 Å². The summed E-state index contributed by atoms with van der Waals surface area (Å²) in [7, 11) is -1.95. The van der Waals surface area contributed by atoms with Gasteiger partial charge in [-0.2, -0.15) is 0 Å². The van der Waals surface area contributed by atoms with Crippen molar-refractivity contribution in [1.29, 1.82) is 0 Å². The van der Waals surface area contributed by atoms with Crippen LogP contribution in [-0.4, -0.2) is 58.6 Å². The van der Waals surface area contributed by atoms with E-state index in [2.05, 4.69) is 19.9 Å². The zero-order chi connectivity index (χ0) is 24.5. The number of methoxy groups -OCH3 is 1. The molecule has 0 bridgehead atoms. The second-order valence-electron chi connectivity index (χ2n) is 7.87. The summed E-state index contributed by atoms with van der Waals surface area (Å²) in [4.78, 5) is 29.0. The summed E-state index contributed by atoms with van der Waals surface area (Å²) < 4.78 is 37.0. The van der Waals surface area contributed by atoms with Crippen molar-refractivity contribution in [1.82, 2.24) is 24.5 Å². The number of aromatic amines is 1. The zero-order valence-electron chi connectivity index (χ0n) is 19.3. The molecule has 0 aliphatic rings. The average Bonchev–Trinajstić information content (AvgIpc) is 3.12. The first-order chi connectivity index (χ1) is 16.2. The molecule has 11 heteroatoms. The zero-order valence-corrected chi connectivity index (χ0v) is 20.1. The third-order valence-electron chi connectivity index (χ3n) is 5.25. The SMILES string of the molecule is CCOc1cc(C(CS(C)(=O)=O)n2c(=O)[nH]c3cc(-c4nccc(C)n4)cnc32)ccc1OC. The lowest BCUT2D eigenvalue weighted by Gasteiger charge is -2.20. The number of aromatic nitrogens is 5. The van der Waals surface area contributed by atoms with Gasteiger partial charge < -0.3 is 14.5 Å². The van der Waals surface area contributed by atoms with E-state index in [9.17, 15) is 13.2 Å². The number of ether oxygens (including phenoxy) is 2. The summed E-state index contributed by atoms with van der Waals surface area (Å²) in [6.45, 7) is 4.09. The van der Waals surface area contributed by atoms with E-state index in [1.165, 1.54) is 11.7 Å². The van der Waals surface area contributed by atoms with Crippen molar-refractivity contribution < 1.29 is 17.9 Å². The summed E-state index contributed by atoms with van der Waals surface area (Å²) in [6, 6.07) is 7.78. The van der Waals surface area contributed by atoms with Gasteiger partial charge in [-0.25, -0.2) is 28.2 Å². The molecular weight excluding hydrogens is 458 g/mol. The van der Waals surface area contributed by atoms with Gasteiger partial charge >= 0.3 is 5.69 Å². The summed E-state index contributed by atoms with van der Waals surface area (Å²) in [6.07, 6.45) is 4.35. The van der Waals surface area contributed by atoms with Crippen molar-refractivity contribution in [3.05, 3.63) is 64.5 Å². The number of benzene rings is 1. The minimum atomic E-state index is -3.47. The molecule has 0 fully saturated rings. The summed E-state index contributed by atoms with van der Waals surface area (Å²) in [5.41, 5.74) is 2.30. The molecule has 0 saturated carbocycles. The van der Waals surface area contributed by atoms with Crippen LogP contribution in [-0.2, 0) is 9.84 Å². The van der Waals surface area contributed by atoms with E-state index in [1.807, 2.05) is 13.8 Å². The number of H-pyrrole nitrogens is 1. The molecule has 4 aromatic rings. The topological polar surface area (TPSA) is 129 Å². The Bertz CT molecular complexity index is 1510. The largest absolute Gasteiger partial charge is 0.493 e. The molecule has 1 unspecified atom stereocenters. The van der Waals surface area contributed by atoms with Crippen LogP contribution in [0.4, 0.5) is 0 Å². The first-order valence-corrected chi connectivity index (χ1v) is 12.6. The van der Waals surface area contributed by atoms with E-state index in [4.69, 9.17) is 9.47 Å². The molecule has 178 valence electrons. The van der Waals surface area contributed by atoms with Gasteiger partial charge in [0.15, 0.2) is 23.0 Å². The summed E-state index contributed by atoms with van der Waals surface area (Å²) >= 11 is 0. The van der Waals surface area contributed by atoms with Crippen molar-refractivity contribution >= 4 is 21.0 Å². The summed E-state index contributed by atoms with van der Waals surface area (Å²) in [5, 5.41) is 0. The molecule has 0 amide bonds. The van der Waals surface area contributed by atoms with Crippen LogP contribution in [0.25, 0.3) is 22.6 Å². The molecule has 0 aliphatic carbocycles. The van der Waals surface area contributed by atoms with Gasteiger partial charge in [-0.15, -0.1) is 0 Å². The van der Waals surface area contributed by atoms with Crippen LogP contribution in [0.2, 0.25) is 0 Å². The molecule has 0 saturated heterocycles. The van der Waals surface area contributed by atoms with Gasteiger partial charge in [-0.3, -0.25) is 4.57 Å². The predicted molar refractivity (Wildman–Crippen MR) is 128 cm³/mol. The Balaban J connectivity index is 1.88. The molecule has 0 spiro atoms. The second-order valence-corrected chi connectivity index (χ2v) is 10.1. The first kappa shape index (κ1) is 23.4.